The van der Waals surface area contributed by atoms with Gasteiger partial charge in [-0.05, 0) is 56.7 Å². The molecule has 1 aromatic heterocycles. The minimum Gasteiger partial charge on any atom is -0.381 e. The first-order chi connectivity index (χ1) is 14.2. The van der Waals surface area contributed by atoms with Crippen LogP contribution >= 0.6 is 24.8 Å². The Morgan fingerprint density at radius 2 is 1.81 bits per heavy atom. The molecule has 5 heterocycles. The van der Waals surface area contributed by atoms with Gasteiger partial charge >= 0.3 is 0 Å². The zero-order chi connectivity index (χ0) is 19.8. The van der Waals surface area contributed by atoms with Gasteiger partial charge in [-0.1, -0.05) is 0 Å². The first-order valence-corrected chi connectivity index (χ1v) is 11.3. The van der Waals surface area contributed by atoms with E-state index in [4.69, 9.17) is 4.74 Å². The largest absolute Gasteiger partial charge is 0.381 e. The number of hydrogen-bond donors (Lipinski definition) is 2. The van der Waals surface area contributed by atoms with Crippen LogP contribution in [-0.4, -0.2) is 66.9 Å². The van der Waals surface area contributed by atoms with Gasteiger partial charge < -0.3 is 24.8 Å². The van der Waals surface area contributed by atoms with Crippen LogP contribution in [0.25, 0.3) is 0 Å². The summed E-state index contributed by atoms with van der Waals surface area (Å²) in [7, 11) is 0. The fourth-order valence-corrected chi connectivity index (χ4v) is 5.69. The number of amides is 1. The van der Waals surface area contributed by atoms with Gasteiger partial charge in [0.1, 0.15) is 5.56 Å². The topological polar surface area (TPSA) is 75.6 Å². The second kappa shape index (κ2) is 10.7. The highest BCUT2D eigenvalue weighted by atomic mass is 35.5. The van der Waals surface area contributed by atoms with E-state index in [2.05, 4.69) is 15.5 Å². The first kappa shape index (κ1) is 24.5. The van der Waals surface area contributed by atoms with E-state index < -0.39 is 0 Å². The summed E-state index contributed by atoms with van der Waals surface area (Å²) in [5.74, 6) is 0.678. The predicted octanol–water partition coefficient (Wildman–Crippen LogP) is 1.77. The summed E-state index contributed by atoms with van der Waals surface area (Å²) in [5, 5.41) is 6.60. The highest BCUT2D eigenvalue weighted by molar-refractivity contribution is 5.94. The second-order valence-corrected chi connectivity index (χ2v) is 9.17. The molecule has 1 amide bonds. The molecule has 2 atom stereocenters. The lowest BCUT2D eigenvalue weighted by Crippen LogP contribution is -2.50. The molecule has 0 aromatic carbocycles. The summed E-state index contributed by atoms with van der Waals surface area (Å²) in [5.41, 5.74) is 1.27. The Morgan fingerprint density at radius 1 is 1.06 bits per heavy atom. The van der Waals surface area contributed by atoms with E-state index in [0.29, 0.717) is 23.4 Å². The lowest BCUT2D eigenvalue weighted by atomic mass is 9.84. The molecule has 0 unspecified atom stereocenters. The van der Waals surface area contributed by atoms with E-state index in [0.717, 1.165) is 83.7 Å². The van der Waals surface area contributed by atoms with Crippen molar-refractivity contribution in [3.05, 3.63) is 33.7 Å². The number of rotatable bonds is 3. The van der Waals surface area contributed by atoms with Gasteiger partial charge in [0.15, 0.2) is 0 Å². The number of nitrogens with one attached hydrogen (secondary N) is 2. The summed E-state index contributed by atoms with van der Waals surface area (Å²) in [6.45, 7) is 6.35. The molecule has 2 bridgehead atoms. The van der Waals surface area contributed by atoms with Crippen molar-refractivity contribution in [3.63, 3.8) is 0 Å². The zero-order valence-electron chi connectivity index (χ0n) is 17.9. The van der Waals surface area contributed by atoms with E-state index in [1.54, 1.807) is 6.07 Å². The highest BCUT2D eigenvalue weighted by Gasteiger charge is 2.32. The summed E-state index contributed by atoms with van der Waals surface area (Å²) in [6, 6.07) is 4.52. The number of hydrogen-bond acceptors (Lipinski definition) is 5. The third-order valence-corrected chi connectivity index (χ3v) is 7.33. The quantitative estimate of drug-likeness (QED) is 0.700. The maximum Gasteiger partial charge on any atom is 0.263 e. The third kappa shape index (κ3) is 5.11. The Hall–Kier alpha value is -1.12. The van der Waals surface area contributed by atoms with Crippen molar-refractivity contribution in [2.45, 2.75) is 56.7 Å². The molecule has 31 heavy (non-hydrogen) atoms. The van der Waals surface area contributed by atoms with E-state index in [9.17, 15) is 9.59 Å². The summed E-state index contributed by atoms with van der Waals surface area (Å²) in [4.78, 5) is 28.5. The highest BCUT2D eigenvalue weighted by Crippen LogP contribution is 2.31. The summed E-state index contributed by atoms with van der Waals surface area (Å²) >= 11 is 0. The summed E-state index contributed by atoms with van der Waals surface area (Å²) in [6.07, 6.45) is 5.26. The van der Waals surface area contributed by atoms with Gasteiger partial charge in [0.05, 0.1) is 0 Å². The number of carbonyl (C=O) groups excluding carboxylic acids is 1. The molecule has 1 aromatic rings. The van der Waals surface area contributed by atoms with Gasteiger partial charge in [0, 0.05) is 63.1 Å². The van der Waals surface area contributed by atoms with Crippen molar-refractivity contribution in [3.8, 4) is 0 Å². The maximum absolute atomic E-state index is 13.0. The molecular formula is C22H34Cl2N4O3. The van der Waals surface area contributed by atoms with Crippen LogP contribution in [-0.2, 0) is 11.3 Å². The monoisotopic (exact) mass is 472 g/mol. The molecule has 9 heteroatoms. The molecule has 0 spiro atoms. The van der Waals surface area contributed by atoms with E-state index in [1.807, 2.05) is 10.6 Å². The van der Waals surface area contributed by atoms with Crippen LogP contribution in [0, 0.1) is 5.92 Å². The van der Waals surface area contributed by atoms with E-state index in [1.165, 1.54) is 0 Å². The maximum atomic E-state index is 13.0. The Bertz CT molecular complexity index is 819. The van der Waals surface area contributed by atoms with Crippen LogP contribution in [0.15, 0.2) is 16.9 Å². The average Bonchev–Trinajstić information content (AvgIpc) is 2.76. The normalized spacial score (nSPS) is 26.8. The number of aromatic nitrogens is 1. The van der Waals surface area contributed by atoms with Gasteiger partial charge in [-0.15, -0.1) is 24.8 Å². The molecule has 7 nitrogen and oxygen atoms in total. The van der Waals surface area contributed by atoms with Crippen LogP contribution in [0.2, 0.25) is 0 Å². The molecule has 2 N–H and O–H groups in total. The first-order valence-electron chi connectivity index (χ1n) is 11.3. The van der Waals surface area contributed by atoms with Crippen molar-refractivity contribution in [2.75, 3.05) is 39.4 Å². The lowest BCUT2D eigenvalue weighted by molar-refractivity contribution is 0.0238. The number of nitrogens with zero attached hydrogens (tertiary/aromatic N) is 2. The minimum atomic E-state index is -0.205. The molecule has 0 saturated carbocycles. The molecule has 0 aliphatic carbocycles. The number of fused-ring (bicyclic) bond motifs is 4. The standard InChI is InChI=1S/C22H32N4O3.2ClH/c27-21(24-17-3-7-25(8-4-17)18-5-9-29-10-6-18)19-1-2-20-16-11-15(12-23-13-16)14-26(20)22(19)28;;/h1-2,15-18,23H,3-14H2,(H,24,27);2*1H/t15-,16+;;/m0../s1. The van der Waals surface area contributed by atoms with E-state index >= 15 is 0 Å². The van der Waals surface area contributed by atoms with Gasteiger partial charge in [-0.25, -0.2) is 0 Å². The molecule has 174 valence electrons. The molecular weight excluding hydrogens is 439 g/mol. The Morgan fingerprint density at radius 3 is 2.55 bits per heavy atom. The lowest BCUT2D eigenvalue weighted by Gasteiger charge is -2.39. The average molecular weight is 473 g/mol. The SMILES string of the molecule is Cl.Cl.O=C(NC1CCN(C2CCOCC2)CC1)c1ccc2n(c1=O)C[C@@H]1CNC[C@H]2C1. The number of ether oxygens (including phenoxy) is 1. The number of carbonyl (C=O) groups is 1. The molecule has 4 aliphatic heterocycles. The van der Waals surface area contributed by atoms with Crippen molar-refractivity contribution in [1.82, 2.24) is 20.1 Å². The Kier molecular flexibility index (Phi) is 8.44. The van der Waals surface area contributed by atoms with Crippen molar-refractivity contribution in [1.29, 1.82) is 0 Å². The number of piperidine rings is 2. The van der Waals surface area contributed by atoms with Crippen molar-refractivity contribution >= 4 is 30.7 Å². The van der Waals surface area contributed by atoms with Crippen LogP contribution in [0.5, 0.6) is 0 Å². The Balaban J connectivity index is 0.00000136. The summed E-state index contributed by atoms with van der Waals surface area (Å²) < 4.78 is 7.33. The second-order valence-electron chi connectivity index (χ2n) is 9.17. The van der Waals surface area contributed by atoms with Gasteiger partial charge in [0.2, 0.25) is 0 Å². The Labute approximate surface area is 196 Å². The number of likely N-dealkylation sites (tertiary alicyclic amines) is 1. The van der Waals surface area contributed by atoms with Crippen molar-refractivity contribution < 1.29 is 9.53 Å². The smallest absolute Gasteiger partial charge is 0.263 e. The molecule has 0 radical (unpaired) electrons. The van der Waals surface area contributed by atoms with Crippen LogP contribution in [0.1, 0.15) is 54.1 Å². The fraction of sp³-hybridized carbons (Fsp3) is 0.727. The van der Waals surface area contributed by atoms with Crippen LogP contribution < -0.4 is 16.2 Å². The van der Waals surface area contributed by atoms with Crippen molar-refractivity contribution in [2.24, 2.45) is 5.92 Å². The van der Waals surface area contributed by atoms with Crippen LogP contribution in [0.3, 0.4) is 0 Å². The molecule has 3 saturated heterocycles. The van der Waals surface area contributed by atoms with E-state index in [-0.39, 0.29) is 42.3 Å². The van der Waals surface area contributed by atoms with Gasteiger partial charge in [-0.3, -0.25) is 9.59 Å². The number of halogens is 2. The third-order valence-electron chi connectivity index (χ3n) is 7.33. The zero-order valence-corrected chi connectivity index (χ0v) is 19.5. The minimum absolute atomic E-state index is 0. The van der Waals surface area contributed by atoms with Gasteiger partial charge in [-0.2, -0.15) is 0 Å². The number of pyridine rings is 1. The van der Waals surface area contributed by atoms with Gasteiger partial charge in [0.25, 0.3) is 11.5 Å². The fourth-order valence-electron chi connectivity index (χ4n) is 5.69. The molecule has 5 rings (SSSR count). The molecule has 4 aliphatic rings. The predicted molar refractivity (Wildman–Crippen MR) is 125 cm³/mol. The van der Waals surface area contributed by atoms with Crippen LogP contribution in [0.4, 0.5) is 0 Å². The molecule has 3 fully saturated rings.